The normalized spacial score (nSPS) is 21.1. The van der Waals surface area contributed by atoms with Crippen molar-refractivity contribution in [1.29, 1.82) is 0 Å². The molecule has 8 heteroatoms. The summed E-state index contributed by atoms with van der Waals surface area (Å²) in [4.78, 5) is 24.8. The van der Waals surface area contributed by atoms with E-state index in [2.05, 4.69) is 4.18 Å². The monoisotopic (exact) mass is 325 g/mol. The Kier molecular flexibility index (Phi) is 3.48. The molecule has 0 bridgehead atoms. The molecule has 0 saturated heterocycles. The van der Waals surface area contributed by atoms with E-state index < -0.39 is 16.5 Å². The first-order valence-electron chi connectivity index (χ1n) is 6.67. The highest BCUT2D eigenvalue weighted by Crippen LogP contribution is 2.37. The Balaban J connectivity index is 1.94. The maximum atomic E-state index is 12.6. The number of rotatable bonds is 3. The van der Waals surface area contributed by atoms with E-state index in [0.717, 1.165) is 17.5 Å². The van der Waals surface area contributed by atoms with Crippen LogP contribution in [0, 0.1) is 0 Å². The van der Waals surface area contributed by atoms with Gasteiger partial charge in [0.25, 0.3) is 11.8 Å². The second-order valence-corrected chi connectivity index (χ2v) is 6.08. The Morgan fingerprint density at radius 2 is 1.86 bits per heavy atom. The molecule has 1 heterocycles. The van der Waals surface area contributed by atoms with Gasteiger partial charge in [-0.2, -0.15) is 8.42 Å². The first-order valence-corrected chi connectivity index (χ1v) is 7.98. The molecule has 1 atom stereocenters. The van der Waals surface area contributed by atoms with Crippen LogP contribution in [0.2, 0.25) is 0 Å². The van der Waals surface area contributed by atoms with Crippen molar-refractivity contribution in [1.82, 2.24) is 4.90 Å². The SMILES string of the molecule is O=C1C=CC(=O)N1C1CCCc2cc(OS(=O)(=O)F)ccc21. The van der Waals surface area contributed by atoms with Crippen LogP contribution < -0.4 is 4.18 Å². The van der Waals surface area contributed by atoms with Gasteiger partial charge in [-0.1, -0.05) is 9.95 Å². The second-order valence-electron chi connectivity index (χ2n) is 5.12. The van der Waals surface area contributed by atoms with Gasteiger partial charge in [0.15, 0.2) is 0 Å². The Bertz CT molecular complexity index is 768. The smallest absolute Gasteiger partial charge is 0.358 e. The highest BCUT2D eigenvalue weighted by molar-refractivity contribution is 7.81. The van der Waals surface area contributed by atoms with Gasteiger partial charge in [-0.05, 0) is 42.5 Å². The molecule has 1 aromatic rings. The van der Waals surface area contributed by atoms with Crippen LogP contribution in [0.25, 0.3) is 0 Å². The number of hydrogen-bond acceptors (Lipinski definition) is 5. The lowest BCUT2D eigenvalue weighted by atomic mass is 9.86. The van der Waals surface area contributed by atoms with Crippen molar-refractivity contribution in [2.75, 3.05) is 0 Å². The molecule has 1 aromatic carbocycles. The number of halogens is 1. The number of amides is 2. The highest BCUT2D eigenvalue weighted by atomic mass is 32.3. The number of nitrogens with zero attached hydrogens (tertiary/aromatic N) is 1. The molecular weight excluding hydrogens is 313 g/mol. The number of aryl methyl sites for hydroxylation is 1. The van der Waals surface area contributed by atoms with Gasteiger partial charge in [-0.25, -0.2) is 0 Å². The zero-order valence-electron chi connectivity index (χ0n) is 11.4. The van der Waals surface area contributed by atoms with E-state index in [1.54, 1.807) is 6.07 Å². The molecule has 2 amide bonds. The highest BCUT2D eigenvalue weighted by Gasteiger charge is 2.34. The second kappa shape index (κ2) is 5.20. The lowest BCUT2D eigenvalue weighted by molar-refractivity contribution is -0.140. The van der Waals surface area contributed by atoms with Gasteiger partial charge < -0.3 is 4.18 Å². The summed E-state index contributed by atoms with van der Waals surface area (Å²) in [6.07, 6.45) is 4.45. The molecule has 0 saturated carbocycles. The van der Waals surface area contributed by atoms with E-state index in [0.29, 0.717) is 12.8 Å². The largest absolute Gasteiger partial charge is 0.488 e. The van der Waals surface area contributed by atoms with E-state index in [1.165, 1.54) is 29.2 Å². The average molecular weight is 325 g/mol. The maximum Gasteiger partial charge on any atom is 0.488 e. The number of fused-ring (bicyclic) bond motifs is 1. The predicted molar refractivity (Wildman–Crippen MR) is 73.8 cm³/mol. The third-order valence-corrected chi connectivity index (χ3v) is 4.14. The minimum Gasteiger partial charge on any atom is -0.358 e. The lowest BCUT2D eigenvalue weighted by Crippen LogP contribution is -2.36. The van der Waals surface area contributed by atoms with E-state index in [4.69, 9.17) is 0 Å². The zero-order valence-corrected chi connectivity index (χ0v) is 12.2. The van der Waals surface area contributed by atoms with Crippen molar-refractivity contribution in [3.63, 3.8) is 0 Å². The fourth-order valence-electron chi connectivity index (χ4n) is 2.92. The molecule has 3 rings (SSSR count). The van der Waals surface area contributed by atoms with E-state index in [1.807, 2.05) is 0 Å². The number of imide groups is 1. The maximum absolute atomic E-state index is 12.6. The van der Waals surface area contributed by atoms with Crippen LogP contribution in [0.4, 0.5) is 3.89 Å². The minimum atomic E-state index is -5.08. The molecule has 0 N–H and O–H groups in total. The molecule has 1 aliphatic heterocycles. The summed E-state index contributed by atoms with van der Waals surface area (Å²) in [5.41, 5.74) is 1.49. The zero-order chi connectivity index (χ0) is 15.9. The van der Waals surface area contributed by atoms with Gasteiger partial charge in [0, 0.05) is 12.2 Å². The summed E-state index contributed by atoms with van der Waals surface area (Å²) in [5, 5.41) is 0. The summed E-state index contributed by atoms with van der Waals surface area (Å²) >= 11 is 0. The van der Waals surface area contributed by atoms with Gasteiger partial charge in [0.05, 0.1) is 6.04 Å². The molecular formula is C14H12FNO5S. The van der Waals surface area contributed by atoms with Crippen molar-refractivity contribution in [2.24, 2.45) is 0 Å². The number of carbonyl (C=O) groups excluding carboxylic acids is 2. The number of benzene rings is 1. The third kappa shape index (κ3) is 2.74. The summed E-state index contributed by atoms with van der Waals surface area (Å²) in [7, 11) is -5.08. The van der Waals surface area contributed by atoms with Crippen LogP contribution in [0.5, 0.6) is 5.75 Å². The van der Waals surface area contributed by atoms with Crippen LogP contribution in [0.1, 0.15) is 30.0 Å². The molecule has 0 fully saturated rings. The summed E-state index contributed by atoms with van der Waals surface area (Å²) < 4.78 is 37.9. The standard InChI is InChI=1S/C14H12FNO5S/c15-22(19,20)21-10-4-5-11-9(8-10)2-1-3-12(11)16-13(17)6-7-14(16)18/h4-8,12H,1-3H2. The van der Waals surface area contributed by atoms with Gasteiger partial charge in [-0.15, -0.1) is 0 Å². The van der Waals surface area contributed by atoms with Crippen molar-refractivity contribution >= 4 is 22.3 Å². The van der Waals surface area contributed by atoms with E-state index >= 15 is 0 Å². The number of hydrogen-bond donors (Lipinski definition) is 0. The van der Waals surface area contributed by atoms with Crippen LogP contribution in [-0.2, 0) is 26.5 Å². The molecule has 6 nitrogen and oxygen atoms in total. The van der Waals surface area contributed by atoms with Crippen LogP contribution in [0.15, 0.2) is 30.4 Å². The van der Waals surface area contributed by atoms with Gasteiger partial charge in [0.1, 0.15) is 5.75 Å². The molecule has 22 heavy (non-hydrogen) atoms. The molecule has 0 spiro atoms. The molecule has 0 aromatic heterocycles. The Hall–Kier alpha value is -2.22. The average Bonchev–Trinajstić information content (AvgIpc) is 2.75. The van der Waals surface area contributed by atoms with Crippen LogP contribution in [0.3, 0.4) is 0 Å². The van der Waals surface area contributed by atoms with E-state index in [-0.39, 0.29) is 17.6 Å². The summed E-state index contributed by atoms with van der Waals surface area (Å²) in [6.45, 7) is 0. The quantitative estimate of drug-likeness (QED) is 0.622. The van der Waals surface area contributed by atoms with E-state index in [9.17, 15) is 21.9 Å². The molecule has 2 aliphatic rings. The molecule has 1 aliphatic carbocycles. The van der Waals surface area contributed by atoms with Gasteiger partial charge >= 0.3 is 10.5 Å². The van der Waals surface area contributed by atoms with Crippen molar-refractivity contribution in [2.45, 2.75) is 25.3 Å². The molecule has 116 valence electrons. The third-order valence-electron chi connectivity index (χ3n) is 3.75. The first-order chi connectivity index (χ1) is 10.3. The van der Waals surface area contributed by atoms with Crippen molar-refractivity contribution in [3.05, 3.63) is 41.5 Å². The van der Waals surface area contributed by atoms with Crippen molar-refractivity contribution in [3.8, 4) is 5.75 Å². The fourth-order valence-corrected chi connectivity index (χ4v) is 3.25. The molecule has 0 radical (unpaired) electrons. The van der Waals surface area contributed by atoms with Gasteiger partial charge in [-0.3, -0.25) is 14.5 Å². The first kappa shape index (κ1) is 14.7. The van der Waals surface area contributed by atoms with Crippen LogP contribution in [-0.4, -0.2) is 25.1 Å². The summed E-state index contributed by atoms with van der Waals surface area (Å²) in [5.74, 6) is -0.858. The molecule has 1 unspecified atom stereocenters. The van der Waals surface area contributed by atoms with Gasteiger partial charge in [0.2, 0.25) is 0 Å². The predicted octanol–water partition coefficient (Wildman–Crippen LogP) is 1.58. The topological polar surface area (TPSA) is 80.8 Å². The summed E-state index contributed by atoms with van der Waals surface area (Å²) in [6, 6.07) is 3.91. The minimum absolute atomic E-state index is 0.126. The van der Waals surface area contributed by atoms with Crippen LogP contribution >= 0.6 is 0 Å². The lowest BCUT2D eigenvalue weighted by Gasteiger charge is -2.31. The Morgan fingerprint density at radius 1 is 1.18 bits per heavy atom. The Labute approximate surface area is 126 Å². The number of carbonyl (C=O) groups is 2. The van der Waals surface area contributed by atoms with Crippen molar-refractivity contribution < 1.29 is 26.1 Å². The fraction of sp³-hybridized carbons (Fsp3) is 0.286. The Morgan fingerprint density at radius 3 is 2.50 bits per heavy atom.